The number of carbonyl (C=O) groups excluding carboxylic acids is 2. The van der Waals surface area contributed by atoms with Crippen LogP contribution in [0.25, 0.3) is 0 Å². The predicted octanol–water partition coefficient (Wildman–Crippen LogP) is 2.66. The molecular weight excluding hydrogens is 406 g/mol. The fourth-order valence-corrected chi connectivity index (χ4v) is 4.59. The van der Waals surface area contributed by atoms with Crippen LogP contribution in [0.3, 0.4) is 0 Å². The molecule has 1 aromatic rings. The molecule has 170 valence electrons. The van der Waals surface area contributed by atoms with Gasteiger partial charge in [0.1, 0.15) is 12.6 Å². The van der Waals surface area contributed by atoms with Gasteiger partial charge in [-0.15, -0.1) is 0 Å². The molecule has 1 heterocycles. The zero-order chi connectivity index (χ0) is 22.0. The first kappa shape index (κ1) is 22.1. The third-order valence-corrected chi connectivity index (χ3v) is 6.69. The van der Waals surface area contributed by atoms with E-state index in [1.807, 2.05) is 0 Å². The number of nitrogens with one attached hydrogen (secondary N) is 1. The Labute approximate surface area is 180 Å². The Morgan fingerprint density at radius 3 is 2.42 bits per heavy atom. The summed E-state index contributed by atoms with van der Waals surface area (Å²) < 4.78 is 32.7. The van der Waals surface area contributed by atoms with Crippen LogP contribution in [0.4, 0.5) is 20.2 Å². The van der Waals surface area contributed by atoms with E-state index in [1.54, 1.807) is 6.07 Å². The third-order valence-electron chi connectivity index (χ3n) is 6.69. The minimum absolute atomic E-state index is 0.127. The molecule has 1 atom stereocenters. The number of carbonyl (C=O) groups is 2. The summed E-state index contributed by atoms with van der Waals surface area (Å²) >= 11 is 0. The maximum absolute atomic E-state index is 13.8. The van der Waals surface area contributed by atoms with Crippen molar-refractivity contribution in [1.29, 1.82) is 0 Å². The molecule has 4 rings (SSSR count). The molecule has 7 nitrogen and oxygen atoms in total. The number of hydrogen-bond donors (Lipinski definition) is 2. The molecule has 1 aliphatic heterocycles. The van der Waals surface area contributed by atoms with Crippen LogP contribution < -0.4 is 16.0 Å². The monoisotopic (exact) mass is 436 g/mol. The second-order valence-electron chi connectivity index (χ2n) is 8.53. The molecule has 2 saturated carbocycles. The van der Waals surface area contributed by atoms with Gasteiger partial charge in [0.15, 0.2) is 0 Å². The number of benzene rings is 1. The summed E-state index contributed by atoms with van der Waals surface area (Å²) in [7, 11) is 0. The van der Waals surface area contributed by atoms with E-state index in [9.17, 15) is 18.4 Å². The number of nitrogens with two attached hydrogens (primary N) is 1. The summed E-state index contributed by atoms with van der Waals surface area (Å²) in [5, 5.41) is 2.79. The smallest absolute Gasteiger partial charge is 0.265 e. The molecule has 0 bridgehead atoms. The summed E-state index contributed by atoms with van der Waals surface area (Å²) in [6.07, 6.45) is 3.81. The number of halogens is 2. The Hall–Kier alpha value is -2.10. The highest BCUT2D eigenvalue weighted by Gasteiger charge is 2.40. The summed E-state index contributed by atoms with van der Waals surface area (Å²) in [5.74, 6) is -0.624. The van der Waals surface area contributed by atoms with E-state index in [4.69, 9.17) is 10.5 Å². The van der Waals surface area contributed by atoms with Crippen molar-refractivity contribution < 1.29 is 23.1 Å². The maximum Gasteiger partial charge on any atom is 0.265 e. The average Bonchev–Trinajstić information content (AvgIpc) is 2.66. The average molecular weight is 437 g/mol. The van der Waals surface area contributed by atoms with Crippen molar-refractivity contribution >= 4 is 23.2 Å². The number of ether oxygens (including phenoxy) is 1. The summed E-state index contributed by atoms with van der Waals surface area (Å²) in [6, 6.07) is 4.54. The second-order valence-corrected chi connectivity index (χ2v) is 8.53. The first-order valence-corrected chi connectivity index (χ1v) is 11.1. The normalized spacial score (nSPS) is 21.2. The van der Waals surface area contributed by atoms with Crippen molar-refractivity contribution in [3.63, 3.8) is 0 Å². The van der Waals surface area contributed by atoms with Crippen molar-refractivity contribution in [2.45, 2.75) is 63.1 Å². The van der Waals surface area contributed by atoms with Gasteiger partial charge in [-0.3, -0.25) is 14.5 Å². The van der Waals surface area contributed by atoms with Gasteiger partial charge in [-0.1, -0.05) is 12.8 Å². The standard InChI is InChI=1S/C22H30F2N4O3/c23-21(24)17-11-14(7-8-18(17)27-9-10-31-13-20(27)29)26-22(30)19(12-25)28(15-3-1-4-15)16-5-2-6-16/h7-8,11,15-16,19,21H,1-6,9-10,12-13,25H2,(H,26,30)/t19-/m0/s1. The van der Waals surface area contributed by atoms with Crippen LogP contribution in [0.15, 0.2) is 18.2 Å². The van der Waals surface area contributed by atoms with E-state index in [1.165, 1.54) is 17.0 Å². The van der Waals surface area contributed by atoms with E-state index in [2.05, 4.69) is 10.2 Å². The van der Waals surface area contributed by atoms with Crippen molar-refractivity contribution in [3.05, 3.63) is 23.8 Å². The van der Waals surface area contributed by atoms with Crippen molar-refractivity contribution in [1.82, 2.24) is 4.90 Å². The first-order chi connectivity index (χ1) is 15.0. The highest BCUT2D eigenvalue weighted by atomic mass is 19.3. The van der Waals surface area contributed by atoms with Crippen LogP contribution in [0.5, 0.6) is 0 Å². The minimum Gasteiger partial charge on any atom is -0.370 e. The van der Waals surface area contributed by atoms with Crippen molar-refractivity contribution in [2.24, 2.45) is 5.73 Å². The zero-order valence-corrected chi connectivity index (χ0v) is 17.6. The maximum atomic E-state index is 13.8. The molecule has 2 amide bonds. The lowest BCUT2D eigenvalue weighted by atomic mass is 9.83. The minimum atomic E-state index is -2.78. The van der Waals surface area contributed by atoms with Gasteiger partial charge in [0, 0.05) is 36.4 Å². The summed E-state index contributed by atoms with van der Waals surface area (Å²) in [6.45, 7) is 0.568. The Morgan fingerprint density at radius 1 is 1.23 bits per heavy atom. The Kier molecular flexibility index (Phi) is 6.83. The molecule has 31 heavy (non-hydrogen) atoms. The number of amides is 2. The molecule has 1 saturated heterocycles. The van der Waals surface area contributed by atoms with Crippen LogP contribution in [0, 0.1) is 0 Å². The van der Waals surface area contributed by atoms with E-state index >= 15 is 0 Å². The number of morpholine rings is 1. The molecular formula is C22H30F2N4O3. The largest absolute Gasteiger partial charge is 0.370 e. The molecule has 2 aliphatic carbocycles. The fourth-order valence-electron chi connectivity index (χ4n) is 4.59. The number of anilines is 2. The molecule has 3 aliphatic rings. The Morgan fingerprint density at radius 2 is 1.90 bits per heavy atom. The molecule has 0 spiro atoms. The van der Waals surface area contributed by atoms with Gasteiger partial charge in [0.25, 0.3) is 12.3 Å². The fraction of sp³-hybridized carbons (Fsp3) is 0.636. The van der Waals surface area contributed by atoms with Crippen LogP contribution in [0.2, 0.25) is 0 Å². The van der Waals surface area contributed by atoms with Crippen LogP contribution in [0.1, 0.15) is 50.5 Å². The van der Waals surface area contributed by atoms with Gasteiger partial charge in [0.2, 0.25) is 5.91 Å². The predicted molar refractivity (Wildman–Crippen MR) is 113 cm³/mol. The lowest BCUT2D eigenvalue weighted by Crippen LogP contribution is -2.60. The number of alkyl halides is 2. The molecule has 9 heteroatoms. The Balaban J connectivity index is 1.52. The molecule has 0 radical (unpaired) electrons. The topological polar surface area (TPSA) is 87.9 Å². The van der Waals surface area contributed by atoms with Crippen molar-refractivity contribution in [3.8, 4) is 0 Å². The zero-order valence-electron chi connectivity index (χ0n) is 17.6. The molecule has 0 aromatic heterocycles. The molecule has 0 unspecified atom stereocenters. The SMILES string of the molecule is NC[C@@H](C(=O)Nc1ccc(N2CCOCC2=O)c(C(F)F)c1)N(C1CCC1)C1CCC1. The van der Waals surface area contributed by atoms with Crippen LogP contribution >= 0.6 is 0 Å². The molecule has 1 aromatic carbocycles. The molecule has 3 fully saturated rings. The highest BCUT2D eigenvalue weighted by molar-refractivity contribution is 5.98. The summed E-state index contributed by atoms with van der Waals surface area (Å²) in [4.78, 5) is 28.8. The van der Waals surface area contributed by atoms with E-state index in [0.717, 1.165) is 38.5 Å². The van der Waals surface area contributed by atoms with Gasteiger partial charge >= 0.3 is 0 Å². The number of hydrogen-bond acceptors (Lipinski definition) is 5. The third kappa shape index (κ3) is 4.58. The van der Waals surface area contributed by atoms with E-state index in [-0.39, 0.29) is 48.4 Å². The highest BCUT2D eigenvalue weighted by Crippen LogP contribution is 2.36. The first-order valence-electron chi connectivity index (χ1n) is 11.1. The number of rotatable bonds is 8. The van der Waals surface area contributed by atoms with Crippen LogP contribution in [-0.4, -0.2) is 61.1 Å². The number of nitrogens with zero attached hydrogens (tertiary/aromatic N) is 2. The van der Waals surface area contributed by atoms with Gasteiger partial charge in [-0.25, -0.2) is 8.78 Å². The van der Waals surface area contributed by atoms with E-state index < -0.39 is 12.5 Å². The van der Waals surface area contributed by atoms with Gasteiger partial charge in [0.05, 0.1) is 12.3 Å². The molecule has 3 N–H and O–H groups in total. The van der Waals surface area contributed by atoms with Gasteiger partial charge in [-0.2, -0.15) is 0 Å². The van der Waals surface area contributed by atoms with Gasteiger partial charge < -0.3 is 20.7 Å². The van der Waals surface area contributed by atoms with Crippen LogP contribution in [-0.2, 0) is 14.3 Å². The van der Waals surface area contributed by atoms with E-state index in [0.29, 0.717) is 18.7 Å². The Bertz CT molecular complexity index is 800. The second kappa shape index (κ2) is 9.58. The van der Waals surface area contributed by atoms with Crippen molar-refractivity contribution in [2.75, 3.05) is 36.5 Å². The lowest BCUT2D eigenvalue weighted by Gasteiger charge is -2.49. The quantitative estimate of drug-likeness (QED) is 0.654. The van der Waals surface area contributed by atoms with Gasteiger partial charge in [-0.05, 0) is 43.9 Å². The summed E-state index contributed by atoms with van der Waals surface area (Å²) in [5.41, 5.74) is 6.15. The lowest BCUT2D eigenvalue weighted by molar-refractivity contribution is -0.126.